The minimum Gasteiger partial charge on any atom is -0.493 e. The summed E-state index contributed by atoms with van der Waals surface area (Å²) < 4.78 is 17.8. The summed E-state index contributed by atoms with van der Waals surface area (Å²) >= 11 is 1.65. The number of nitrogens with zero attached hydrogens (tertiary/aromatic N) is 1. The van der Waals surface area contributed by atoms with Crippen LogP contribution in [0.15, 0.2) is 82.5 Å². The summed E-state index contributed by atoms with van der Waals surface area (Å²) in [5.41, 5.74) is 2.29. The normalized spacial score (nSPS) is 15.3. The van der Waals surface area contributed by atoms with Crippen LogP contribution in [-0.4, -0.2) is 35.6 Å². The third-order valence-electron chi connectivity index (χ3n) is 6.48. The van der Waals surface area contributed by atoms with E-state index in [1.807, 2.05) is 66.9 Å². The molecule has 2 heterocycles. The average Bonchev–Trinajstić information content (AvgIpc) is 3.41. The van der Waals surface area contributed by atoms with Gasteiger partial charge in [-0.1, -0.05) is 51.1 Å². The van der Waals surface area contributed by atoms with Gasteiger partial charge in [0.1, 0.15) is 23.9 Å². The number of ether oxygens (including phenoxy) is 3. The lowest BCUT2D eigenvalue weighted by atomic mass is 9.87. The monoisotopic (exact) mass is 533 g/mol. The van der Waals surface area contributed by atoms with Crippen molar-refractivity contribution in [1.82, 2.24) is 0 Å². The Morgan fingerprint density at radius 3 is 2.47 bits per heavy atom. The van der Waals surface area contributed by atoms with Gasteiger partial charge in [-0.05, 0) is 66.1 Å². The Morgan fingerprint density at radius 1 is 1.05 bits per heavy atom. The zero-order valence-electron chi connectivity index (χ0n) is 22.6. The second-order valence-corrected chi connectivity index (χ2v) is 11.6. The van der Waals surface area contributed by atoms with Crippen LogP contribution in [-0.2, 0) is 21.4 Å². The highest BCUT2D eigenvalue weighted by Crippen LogP contribution is 2.29. The van der Waals surface area contributed by atoms with Crippen molar-refractivity contribution in [2.24, 2.45) is 4.99 Å². The summed E-state index contributed by atoms with van der Waals surface area (Å²) in [4.78, 5) is 18.1. The number of hydrogen-bond donors (Lipinski definition) is 1. The van der Waals surface area contributed by atoms with Gasteiger partial charge in [0.05, 0.1) is 22.9 Å². The second-order valence-electron chi connectivity index (χ2n) is 10.7. The van der Waals surface area contributed by atoms with Gasteiger partial charge >= 0.3 is 5.97 Å². The molecule has 200 valence electrons. The predicted octanol–water partition coefficient (Wildman–Crippen LogP) is 7.03. The fourth-order valence-electron chi connectivity index (χ4n) is 4.13. The lowest BCUT2D eigenvalue weighted by Crippen LogP contribution is -2.43. The highest BCUT2D eigenvalue weighted by Gasteiger charge is 2.36. The smallest absolute Gasteiger partial charge is 0.348 e. The largest absolute Gasteiger partial charge is 0.493 e. The van der Waals surface area contributed by atoms with Crippen molar-refractivity contribution in [3.63, 3.8) is 0 Å². The molecule has 0 spiro atoms. The summed E-state index contributed by atoms with van der Waals surface area (Å²) in [7, 11) is 0. The number of carbonyl (C=O) groups is 1. The van der Waals surface area contributed by atoms with Gasteiger partial charge in [-0.25, -0.2) is 9.79 Å². The number of benzene rings is 2. The van der Waals surface area contributed by atoms with Crippen LogP contribution in [0.2, 0.25) is 0 Å². The van der Waals surface area contributed by atoms with Crippen LogP contribution in [0.25, 0.3) is 0 Å². The highest BCUT2D eigenvalue weighted by atomic mass is 32.1. The molecule has 1 unspecified atom stereocenters. The van der Waals surface area contributed by atoms with Gasteiger partial charge in [-0.2, -0.15) is 0 Å². The lowest BCUT2D eigenvalue weighted by Gasteiger charge is -2.28. The van der Waals surface area contributed by atoms with Crippen molar-refractivity contribution in [2.75, 3.05) is 13.2 Å². The first-order chi connectivity index (χ1) is 18.0. The lowest BCUT2D eigenvalue weighted by molar-refractivity contribution is -0.153. The molecule has 0 saturated carbocycles. The molecule has 4 rings (SSSR count). The van der Waals surface area contributed by atoms with E-state index in [4.69, 9.17) is 19.2 Å². The van der Waals surface area contributed by atoms with Gasteiger partial charge in [0.2, 0.25) is 5.60 Å². The summed E-state index contributed by atoms with van der Waals surface area (Å²) in [6.45, 7) is 10.8. The quantitative estimate of drug-likeness (QED) is 0.303. The van der Waals surface area contributed by atoms with Crippen molar-refractivity contribution in [1.29, 1.82) is 0 Å². The number of allylic oxidation sites excluding steroid dienone is 1. The molecule has 1 aliphatic rings. The molecule has 0 bridgehead atoms. The number of carboxylic acids is 1. The minimum atomic E-state index is -1.41. The summed E-state index contributed by atoms with van der Waals surface area (Å²) in [6.07, 6.45) is 0.840. The Morgan fingerprint density at radius 2 is 1.82 bits per heavy atom. The number of aliphatic imine (C=N–C) groups is 1. The van der Waals surface area contributed by atoms with E-state index in [1.165, 1.54) is 0 Å². The maximum atomic E-state index is 12.2. The first-order valence-corrected chi connectivity index (χ1v) is 13.6. The number of carboxylic acid groups (broad SMARTS) is 1. The van der Waals surface area contributed by atoms with Crippen LogP contribution in [0.5, 0.6) is 11.5 Å². The van der Waals surface area contributed by atoms with E-state index in [0.29, 0.717) is 31.1 Å². The maximum absolute atomic E-state index is 12.2. The third kappa shape index (κ3) is 6.84. The highest BCUT2D eigenvalue weighted by molar-refractivity contribution is 7.12. The van der Waals surface area contributed by atoms with Crippen LogP contribution in [0, 0.1) is 0 Å². The topological polar surface area (TPSA) is 77.4 Å². The van der Waals surface area contributed by atoms with E-state index in [1.54, 1.807) is 24.3 Å². The molecular weight excluding hydrogens is 498 g/mol. The molecule has 1 atom stereocenters. The van der Waals surface area contributed by atoms with Crippen LogP contribution in [0.3, 0.4) is 0 Å². The zero-order chi connectivity index (χ0) is 27.3. The minimum absolute atomic E-state index is 0.0627. The SMILES string of the molecule is CC1=C(CCOc2ccc(CC(C)(Oc3cccc(C(C)(C)C)c3)C(=O)O)cc2)N=C(c2cccs2)CO1. The number of thiophene rings is 1. The molecule has 1 N–H and O–H groups in total. The van der Waals surface area contributed by atoms with E-state index in [-0.39, 0.29) is 11.8 Å². The van der Waals surface area contributed by atoms with Crippen LogP contribution in [0.1, 0.15) is 57.0 Å². The number of aliphatic carboxylic acids is 1. The van der Waals surface area contributed by atoms with Gasteiger partial charge in [0.25, 0.3) is 0 Å². The molecule has 0 saturated heterocycles. The van der Waals surface area contributed by atoms with Crippen LogP contribution < -0.4 is 9.47 Å². The Labute approximate surface area is 228 Å². The standard InChI is InChI=1S/C31H35NO5S/c1-21-26(32-27(20-36-21)28-10-7-17-38-28)15-16-35-24-13-11-22(12-14-24)19-31(5,29(33)34)37-25-9-6-8-23(18-25)30(2,3)4/h6-14,17-18H,15-16,19-20H2,1-5H3,(H,33,34). The molecular formula is C31H35NO5S. The predicted molar refractivity (Wildman–Crippen MR) is 152 cm³/mol. The van der Waals surface area contributed by atoms with E-state index in [0.717, 1.165) is 33.2 Å². The first-order valence-electron chi connectivity index (χ1n) is 12.7. The molecule has 0 fully saturated rings. The first kappa shape index (κ1) is 27.5. The fraction of sp³-hybridized carbons (Fsp3) is 0.355. The third-order valence-corrected chi connectivity index (χ3v) is 7.39. The van der Waals surface area contributed by atoms with Crippen molar-refractivity contribution >= 4 is 23.0 Å². The second kappa shape index (κ2) is 11.4. The Kier molecular flexibility index (Phi) is 8.26. The molecule has 38 heavy (non-hydrogen) atoms. The van der Waals surface area contributed by atoms with E-state index < -0.39 is 11.6 Å². The van der Waals surface area contributed by atoms with Crippen LogP contribution in [0.4, 0.5) is 0 Å². The van der Waals surface area contributed by atoms with Crippen molar-refractivity contribution in [3.05, 3.63) is 93.5 Å². The average molecular weight is 534 g/mol. The van der Waals surface area contributed by atoms with Gasteiger partial charge in [-0.3, -0.25) is 0 Å². The van der Waals surface area contributed by atoms with Gasteiger partial charge in [-0.15, -0.1) is 11.3 Å². The van der Waals surface area contributed by atoms with E-state index in [9.17, 15) is 9.90 Å². The summed E-state index contributed by atoms with van der Waals surface area (Å²) in [5.74, 6) is 1.07. The van der Waals surface area contributed by atoms with Crippen molar-refractivity contribution in [3.8, 4) is 11.5 Å². The Hall–Kier alpha value is -3.58. The van der Waals surface area contributed by atoms with E-state index >= 15 is 0 Å². The maximum Gasteiger partial charge on any atom is 0.348 e. The molecule has 0 radical (unpaired) electrons. The number of rotatable bonds is 10. The molecule has 2 aromatic carbocycles. The van der Waals surface area contributed by atoms with Crippen molar-refractivity contribution in [2.45, 2.75) is 58.5 Å². The molecule has 7 heteroatoms. The molecule has 1 aliphatic heterocycles. The van der Waals surface area contributed by atoms with Crippen LogP contribution >= 0.6 is 11.3 Å². The van der Waals surface area contributed by atoms with Gasteiger partial charge < -0.3 is 19.3 Å². The summed E-state index contributed by atoms with van der Waals surface area (Å²) in [5, 5.41) is 12.0. The van der Waals surface area contributed by atoms with Gasteiger partial charge in [0.15, 0.2) is 0 Å². The Balaban J connectivity index is 1.36. The number of hydrogen-bond acceptors (Lipinski definition) is 6. The molecule has 0 amide bonds. The van der Waals surface area contributed by atoms with E-state index in [2.05, 4.69) is 20.8 Å². The zero-order valence-corrected chi connectivity index (χ0v) is 23.4. The fourth-order valence-corrected chi connectivity index (χ4v) is 4.84. The molecule has 6 nitrogen and oxygen atoms in total. The Bertz CT molecular complexity index is 1320. The molecule has 3 aromatic rings. The molecule has 1 aromatic heterocycles. The van der Waals surface area contributed by atoms with Crippen molar-refractivity contribution < 1.29 is 24.1 Å². The van der Waals surface area contributed by atoms with Gasteiger partial charge in [0, 0.05) is 12.8 Å². The summed E-state index contributed by atoms with van der Waals surface area (Å²) in [6, 6.07) is 19.2. The molecule has 0 aliphatic carbocycles.